The average Bonchev–Trinajstić information content (AvgIpc) is 2.49. The Balaban J connectivity index is 2.25. The molecule has 0 aliphatic heterocycles. The van der Waals surface area contributed by atoms with Crippen LogP contribution in [0.4, 0.5) is 4.39 Å². The van der Waals surface area contributed by atoms with E-state index in [-0.39, 0.29) is 11.5 Å². The standard InChI is InChI=1S/C16H16BrFN2O/c17-13-6-7-15(18)14(10-13)16(21)20(9-8-19)11-12-4-2-1-3-5-12/h1-7,10H,8-9,11,19H2. The molecule has 2 rings (SSSR count). The van der Waals surface area contributed by atoms with Crippen LogP contribution in [-0.2, 0) is 6.54 Å². The number of amides is 1. The van der Waals surface area contributed by atoms with Gasteiger partial charge in [-0.15, -0.1) is 0 Å². The van der Waals surface area contributed by atoms with E-state index in [0.717, 1.165) is 5.56 Å². The lowest BCUT2D eigenvalue weighted by Gasteiger charge is -2.22. The second kappa shape index (κ2) is 7.33. The fourth-order valence-corrected chi connectivity index (χ4v) is 2.40. The lowest BCUT2D eigenvalue weighted by Crippen LogP contribution is -2.35. The van der Waals surface area contributed by atoms with Crippen molar-refractivity contribution in [2.45, 2.75) is 6.54 Å². The van der Waals surface area contributed by atoms with Crippen LogP contribution in [0.15, 0.2) is 53.0 Å². The number of nitrogens with two attached hydrogens (primary N) is 1. The first-order chi connectivity index (χ1) is 10.1. The molecule has 3 nitrogen and oxygen atoms in total. The van der Waals surface area contributed by atoms with Crippen LogP contribution in [0.2, 0.25) is 0 Å². The summed E-state index contributed by atoms with van der Waals surface area (Å²) in [7, 11) is 0. The first-order valence-electron chi connectivity index (χ1n) is 6.60. The zero-order valence-corrected chi connectivity index (χ0v) is 13.0. The highest BCUT2D eigenvalue weighted by Gasteiger charge is 2.19. The van der Waals surface area contributed by atoms with Crippen molar-refractivity contribution in [2.75, 3.05) is 13.1 Å². The lowest BCUT2D eigenvalue weighted by atomic mass is 10.1. The summed E-state index contributed by atoms with van der Waals surface area (Å²) in [5.74, 6) is -0.888. The molecular weight excluding hydrogens is 335 g/mol. The maximum Gasteiger partial charge on any atom is 0.257 e. The smallest absolute Gasteiger partial charge is 0.257 e. The molecule has 0 spiro atoms. The Morgan fingerprint density at radius 3 is 2.57 bits per heavy atom. The molecule has 21 heavy (non-hydrogen) atoms. The van der Waals surface area contributed by atoms with Crippen LogP contribution < -0.4 is 5.73 Å². The molecule has 5 heteroatoms. The Kier molecular flexibility index (Phi) is 5.47. The van der Waals surface area contributed by atoms with Crippen LogP contribution in [0.5, 0.6) is 0 Å². The fraction of sp³-hybridized carbons (Fsp3) is 0.188. The number of halogens is 2. The van der Waals surface area contributed by atoms with Gasteiger partial charge in [-0.1, -0.05) is 46.3 Å². The van der Waals surface area contributed by atoms with Crippen LogP contribution in [0.3, 0.4) is 0 Å². The third kappa shape index (κ3) is 4.12. The number of nitrogens with zero attached hydrogens (tertiary/aromatic N) is 1. The summed E-state index contributed by atoms with van der Waals surface area (Å²) in [6.07, 6.45) is 0. The van der Waals surface area contributed by atoms with Gasteiger partial charge in [-0.05, 0) is 23.8 Å². The van der Waals surface area contributed by atoms with Crippen LogP contribution >= 0.6 is 15.9 Å². The maximum absolute atomic E-state index is 13.9. The Morgan fingerprint density at radius 1 is 1.19 bits per heavy atom. The largest absolute Gasteiger partial charge is 0.333 e. The summed E-state index contributed by atoms with van der Waals surface area (Å²) >= 11 is 3.26. The molecule has 1 amide bonds. The van der Waals surface area contributed by atoms with Crippen LogP contribution in [-0.4, -0.2) is 23.9 Å². The van der Waals surface area contributed by atoms with Gasteiger partial charge in [0.1, 0.15) is 5.82 Å². The summed E-state index contributed by atoms with van der Waals surface area (Å²) in [5.41, 5.74) is 6.60. The zero-order valence-electron chi connectivity index (χ0n) is 11.4. The van der Waals surface area contributed by atoms with E-state index >= 15 is 0 Å². The van der Waals surface area contributed by atoms with E-state index in [4.69, 9.17) is 5.73 Å². The Morgan fingerprint density at radius 2 is 1.90 bits per heavy atom. The molecule has 2 aromatic carbocycles. The molecule has 0 unspecified atom stereocenters. The van der Waals surface area contributed by atoms with E-state index in [1.54, 1.807) is 11.0 Å². The van der Waals surface area contributed by atoms with Crippen molar-refractivity contribution < 1.29 is 9.18 Å². The van der Waals surface area contributed by atoms with E-state index in [0.29, 0.717) is 24.1 Å². The lowest BCUT2D eigenvalue weighted by molar-refractivity contribution is 0.0743. The van der Waals surface area contributed by atoms with Gasteiger partial charge in [0.05, 0.1) is 5.56 Å². The van der Waals surface area contributed by atoms with E-state index in [1.165, 1.54) is 12.1 Å². The van der Waals surface area contributed by atoms with Crippen molar-refractivity contribution in [3.8, 4) is 0 Å². The van der Waals surface area contributed by atoms with Crippen molar-refractivity contribution in [1.29, 1.82) is 0 Å². The monoisotopic (exact) mass is 350 g/mol. The minimum absolute atomic E-state index is 0.0498. The highest BCUT2D eigenvalue weighted by molar-refractivity contribution is 9.10. The molecule has 0 fully saturated rings. The average molecular weight is 351 g/mol. The molecule has 0 bridgehead atoms. The molecule has 0 heterocycles. The molecule has 2 N–H and O–H groups in total. The summed E-state index contributed by atoms with van der Waals surface area (Å²) in [5, 5.41) is 0. The SMILES string of the molecule is NCCN(Cc1ccccc1)C(=O)c1cc(Br)ccc1F. The Labute approximate surface area is 131 Å². The molecule has 2 aromatic rings. The number of carbonyl (C=O) groups excluding carboxylic acids is 1. The van der Waals surface area contributed by atoms with Gasteiger partial charge in [-0.25, -0.2) is 4.39 Å². The first kappa shape index (κ1) is 15.7. The molecular formula is C16H16BrFN2O. The molecule has 0 radical (unpaired) electrons. The van der Waals surface area contributed by atoms with E-state index in [2.05, 4.69) is 15.9 Å². The summed E-state index contributed by atoms with van der Waals surface area (Å²) in [6, 6.07) is 13.9. The van der Waals surface area contributed by atoms with E-state index in [9.17, 15) is 9.18 Å². The predicted octanol–water partition coefficient (Wildman–Crippen LogP) is 3.19. The number of rotatable bonds is 5. The quantitative estimate of drug-likeness (QED) is 0.899. The topological polar surface area (TPSA) is 46.3 Å². The third-order valence-corrected chi connectivity index (χ3v) is 3.55. The number of benzene rings is 2. The minimum Gasteiger partial charge on any atom is -0.333 e. The van der Waals surface area contributed by atoms with Gasteiger partial charge in [-0.2, -0.15) is 0 Å². The second-order valence-electron chi connectivity index (χ2n) is 4.63. The van der Waals surface area contributed by atoms with Gasteiger partial charge in [0.25, 0.3) is 5.91 Å². The first-order valence-corrected chi connectivity index (χ1v) is 7.39. The van der Waals surface area contributed by atoms with Gasteiger partial charge in [0.2, 0.25) is 0 Å². The normalized spacial score (nSPS) is 10.4. The van der Waals surface area contributed by atoms with Crippen LogP contribution in [0, 0.1) is 5.82 Å². The van der Waals surface area contributed by atoms with Crippen molar-refractivity contribution in [3.63, 3.8) is 0 Å². The van der Waals surface area contributed by atoms with Gasteiger partial charge >= 0.3 is 0 Å². The molecule has 0 aliphatic rings. The minimum atomic E-state index is -0.529. The second-order valence-corrected chi connectivity index (χ2v) is 5.54. The Hall–Kier alpha value is -1.72. The van der Waals surface area contributed by atoms with E-state index in [1.807, 2.05) is 30.3 Å². The van der Waals surface area contributed by atoms with Gasteiger partial charge in [-0.3, -0.25) is 4.79 Å². The number of hydrogen-bond donors (Lipinski definition) is 1. The van der Waals surface area contributed by atoms with Gasteiger partial charge in [0, 0.05) is 24.1 Å². The highest BCUT2D eigenvalue weighted by Crippen LogP contribution is 2.18. The van der Waals surface area contributed by atoms with Crippen molar-refractivity contribution in [2.24, 2.45) is 5.73 Å². The third-order valence-electron chi connectivity index (χ3n) is 3.06. The maximum atomic E-state index is 13.9. The summed E-state index contributed by atoms with van der Waals surface area (Å²) in [6.45, 7) is 1.11. The summed E-state index contributed by atoms with van der Waals surface area (Å²) in [4.78, 5) is 14.1. The Bertz CT molecular complexity index is 619. The number of carbonyl (C=O) groups is 1. The fourth-order valence-electron chi connectivity index (χ4n) is 2.04. The predicted molar refractivity (Wildman–Crippen MR) is 84.3 cm³/mol. The molecule has 0 saturated heterocycles. The molecule has 0 saturated carbocycles. The molecule has 0 aromatic heterocycles. The van der Waals surface area contributed by atoms with Crippen molar-refractivity contribution >= 4 is 21.8 Å². The highest BCUT2D eigenvalue weighted by atomic mass is 79.9. The molecule has 0 aliphatic carbocycles. The van der Waals surface area contributed by atoms with Crippen molar-refractivity contribution in [3.05, 3.63) is 69.9 Å². The van der Waals surface area contributed by atoms with E-state index < -0.39 is 5.82 Å². The molecule has 0 atom stereocenters. The molecule has 110 valence electrons. The zero-order chi connectivity index (χ0) is 15.2. The van der Waals surface area contributed by atoms with Crippen LogP contribution in [0.1, 0.15) is 15.9 Å². The van der Waals surface area contributed by atoms with Gasteiger partial charge < -0.3 is 10.6 Å². The van der Waals surface area contributed by atoms with Crippen LogP contribution in [0.25, 0.3) is 0 Å². The van der Waals surface area contributed by atoms with Crippen molar-refractivity contribution in [1.82, 2.24) is 4.90 Å². The van der Waals surface area contributed by atoms with Gasteiger partial charge in [0.15, 0.2) is 0 Å². The summed E-state index contributed by atoms with van der Waals surface area (Å²) < 4.78 is 14.5. The number of hydrogen-bond acceptors (Lipinski definition) is 2.